The highest BCUT2D eigenvalue weighted by molar-refractivity contribution is 7.99. The number of nitrogens with one attached hydrogen (secondary N) is 1. The first-order chi connectivity index (χ1) is 18.4. The van der Waals surface area contributed by atoms with Gasteiger partial charge >= 0.3 is 0 Å². The van der Waals surface area contributed by atoms with Gasteiger partial charge in [-0.15, -0.1) is 0 Å². The molecular formula is C27H33N7O3S. The van der Waals surface area contributed by atoms with Crippen LogP contribution < -0.4 is 10.9 Å². The number of rotatable bonds is 9. The number of likely N-dealkylation sites (tertiary alicyclic amines) is 2. The van der Waals surface area contributed by atoms with Crippen molar-refractivity contribution in [3.8, 4) is 0 Å². The van der Waals surface area contributed by atoms with Crippen LogP contribution in [0.5, 0.6) is 0 Å². The molecule has 0 radical (unpaired) electrons. The minimum atomic E-state index is -0.103. The van der Waals surface area contributed by atoms with Crippen LogP contribution in [0.2, 0.25) is 0 Å². The first-order valence-electron chi connectivity index (χ1n) is 12.9. The lowest BCUT2D eigenvalue weighted by molar-refractivity contribution is -0.132. The summed E-state index contributed by atoms with van der Waals surface area (Å²) < 4.78 is 3.88. The number of hydrogen-bond donors (Lipinski definition) is 1. The fraction of sp³-hybridized carbons (Fsp3) is 0.444. The van der Waals surface area contributed by atoms with Gasteiger partial charge in [0, 0.05) is 68.8 Å². The number of hydrogen-bond acceptors (Lipinski definition) is 7. The molecule has 11 heteroatoms. The summed E-state index contributed by atoms with van der Waals surface area (Å²) in [5.41, 5.74) is 1.36. The molecule has 2 aliphatic heterocycles. The molecule has 2 aliphatic rings. The third-order valence-corrected chi connectivity index (χ3v) is 7.94. The van der Waals surface area contributed by atoms with E-state index in [0.717, 1.165) is 43.4 Å². The Morgan fingerprint density at radius 2 is 1.97 bits per heavy atom. The van der Waals surface area contributed by atoms with E-state index in [9.17, 15) is 14.4 Å². The van der Waals surface area contributed by atoms with Gasteiger partial charge in [-0.2, -0.15) is 16.7 Å². The van der Waals surface area contributed by atoms with Gasteiger partial charge in [0.25, 0.3) is 5.56 Å². The summed E-state index contributed by atoms with van der Waals surface area (Å²) in [5, 5.41) is 4.08. The number of aromatic nitrogens is 4. The second-order valence-electron chi connectivity index (χ2n) is 9.92. The number of nitrogens with zero attached hydrogens (tertiary/aromatic N) is 6. The Labute approximate surface area is 225 Å². The molecule has 0 unspecified atom stereocenters. The van der Waals surface area contributed by atoms with Crippen LogP contribution >= 0.6 is 11.8 Å². The van der Waals surface area contributed by atoms with E-state index in [1.54, 1.807) is 39.6 Å². The van der Waals surface area contributed by atoms with Crippen LogP contribution in [0.3, 0.4) is 0 Å². The molecule has 0 atom stereocenters. The zero-order chi connectivity index (χ0) is 26.6. The molecule has 2 fully saturated rings. The average Bonchev–Trinajstić information content (AvgIpc) is 3.37. The Kier molecular flexibility index (Phi) is 7.82. The van der Waals surface area contributed by atoms with Crippen molar-refractivity contribution >= 4 is 46.2 Å². The Balaban J connectivity index is 1.23. The van der Waals surface area contributed by atoms with Gasteiger partial charge in [-0.25, -0.2) is 4.98 Å². The largest absolute Gasteiger partial charge is 0.349 e. The lowest BCUT2D eigenvalue weighted by Crippen LogP contribution is -2.49. The number of pyridine rings is 1. The van der Waals surface area contributed by atoms with E-state index in [0.29, 0.717) is 48.9 Å². The number of carbonyl (C=O) groups excluding carboxylic acids is 2. The maximum atomic E-state index is 12.7. The van der Waals surface area contributed by atoms with Crippen LogP contribution in [0.1, 0.15) is 25.3 Å². The summed E-state index contributed by atoms with van der Waals surface area (Å²) in [7, 11) is 0. The van der Waals surface area contributed by atoms with Crippen molar-refractivity contribution < 1.29 is 9.59 Å². The van der Waals surface area contributed by atoms with Gasteiger partial charge in [0.2, 0.25) is 17.8 Å². The molecule has 2 saturated heterocycles. The Bertz CT molecular complexity index is 1390. The number of aryl methyl sites for hydroxylation is 1. The minimum Gasteiger partial charge on any atom is -0.349 e. The predicted octanol–water partition coefficient (Wildman–Crippen LogP) is 2.90. The van der Waals surface area contributed by atoms with E-state index in [4.69, 9.17) is 0 Å². The molecule has 200 valence electrons. The summed E-state index contributed by atoms with van der Waals surface area (Å²) >= 11 is 1.56. The molecule has 0 spiro atoms. The van der Waals surface area contributed by atoms with Crippen molar-refractivity contribution in [2.24, 2.45) is 5.92 Å². The van der Waals surface area contributed by atoms with Gasteiger partial charge in [0.1, 0.15) is 5.65 Å². The highest BCUT2D eigenvalue weighted by Gasteiger charge is 2.29. The number of piperidine rings is 1. The van der Waals surface area contributed by atoms with E-state index in [1.807, 2.05) is 29.6 Å². The van der Waals surface area contributed by atoms with Crippen LogP contribution in [0.15, 0.2) is 54.2 Å². The van der Waals surface area contributed by atoms with Crippen LogP contribution in [-0.2, 0) is 16.1 Å². The monoisotopic (exact) mass is 535 g/mol. The maximum Gasteiger partial charge on any atom is 0.252 e. The molecule has 0 aromatic carbocycles. The zero-order valence-electron chi connectivity index (χ0n) is 21.6. The number of fused-ring (bicyclic) bond motifs is 1. The van der Waals surface area contributed by atoms with E-state index in [1.165, 1.54) is 6.08 Å². The van der Waals surface area contributed by atoms with Gasteiger partial charge in [-0.05, 0) is 49.6 Å². The normalized spacial score (nSPS) is 16.4. The molecule has 2 amide bonds. The van der Waals surface area contributed by atoms with Crippen molar-refractivity contribution in [2.75, 3.05) is 43.5 Å². The number of amides is 2. The fourth-order valence-corrected chi connectivity index (χ4v) is 5.62. The number of thioether (sulfide) groups is 1. The molecule has 5 heterocycles. The lowest BCUT2D eigenvalue weighted by Gasteiger charge is -2.38. The van der Waals surface area contributed by atoms with Crippen LogP contribution in [0.4, 0.5) is 11.6 Å². The fourth-order valence-electron chi connectivity index (χ4n) is 5.19. The van der Waals surface area contributed by atoms with Crippen molar-refractivity contribution in [1.29, 1.82) is 0 Å². The third-order valence-electron chi connectivity index (χ3n) is 7.40. The lowest BCUT2D eigenvalue weighted by atomic mass is 9.96. The van der Waals surface area contributed by atoms with Gasteiger partial charge in [-0.3, -0.25) is 19.0 Å². The highest BCUT2D eigenvalue weighted by Crippen LogP contribution is 2.26. The van der Waals surface area contributed by atoms with Crippen molar-refractivity contribution in [2.45, 2.75) is 31.8 Å². The van der Waals surface area contributed by atoms with Gasteiger partial charge in [0.15, 0.2) is 0 Å². The van der Waals surface area contributed by atoms with Crippen molar-refractivity contribution in [1.82, 2.24) is 28.9 Å². The highest BCUT2D eigenvalue weighted by atomic mass is 32.2. The zero-order valence-corrected chi connectivity index (χ0v) is 22.4. The van der Waals surface area contributed by atoms with Crippen molar-refractivity contribution in [3.63, 3.8) is 0 Å². The second-order valence-corrected chi connectivity index (χ2v) is 10.8. The topological polar surface area (TPSA) is 105 Å². The second kappa shape index (κ2) is 11.4. The number of anilines is 2. The SMILES string of the molecule is C=CC(=O)N1CC(CCn2c(=O)ccc3cnc(Nc4ccn(C5CCN(C(=O)CSC)CC5)c4)nc32)C1. The Hall–Kier alpha value is -3.60. The smallest absolute Gasteiger partial charge is 0.252 e. The molecule has 38 heavy (non-hydrogen) atoms. The molecule has 3 aromatic heterocycles. The molecule has 0 bridgehead atoms. The Morgan fingerprint density at radius 1 is 1.18 bits per heavy atom. The van der Waals surface area contributed by atoms with Crippen LogP contribution in [0, 0.1) is 5.92 Å². The standard InChI is InChI=1S/C27H33N7O3S/c1-3-23(35)33-15-19(16-33)6-13-34-24(36)5-4-20-14-28-27(30-26(20)34)29-21-7-10-32(17-21)22-8-11-31(12-9-22)25(37)18-38-2/h3-5,7,10,14,17,19,22H,1,6,8-9,11-13,15-16,18H2,2H3,(H,28,29,30). The van der Waals surface area contributed by atoms with E-state index in [-0.39, 0.29) is 17.4 Å². The molecule has 10 nitrogen and oxygen atoms in total. The van der Waals surface area contributed by atoms with Gasteiger partial charge < -0.3 is 19.7 Å². The molecule has 1 N–H and O–H groups in total. The first kappa shape index (κ1) is 26.0. The molecule has 0 aliphatic carbocycles. The summed E-state index contributed by atoms with van der Waals surface area (Å²) in [6, 6.07) is 5.63. The van der Waals surface area contributed by atoms with Crippen LogP contribution in [0.25, 0.3) is 11.0 Å². The van der Waals surface area contributed by atoms with E-state index >= 15 is 0 Å². The summed E-state index contributed by atoms with van der Waals surface area (Å²) in [6.45, 7) is 7.00. The summed E-state index contributed by atoms with van der Waals surface area (Å²) in [6.07, 6.45) is 11.7. The molecule has 0 saturated carbocycles. The van der Waals surface area contributed by atoms with Gasteiger partial charge in [0.05, 0.1) is 11.4 Å². The molecule has 5 rings (SSSR count). The molecule has 3 aromatic rings. The van der Waals surface area contributed by atoms with E-state index in [2.05, 4.69) is 26.4 Å². The minimum absolute atomic E-state index is 0.0485. The Morgan fingerprint density at radius 3 is 2.71 bits per heavy atom. The molecular weight excluding hydrogens is 502 g/mol. The first-order valence-corrected chi connectivity index (χ1v) is 14.3. The average molecular weight is 536 g/mol. The summed E-state index contributed by atoms with van der Waals surface area (Å²) in [5.74, 6) is 1.50. The van der Waals surface area contributed by atoms with Crippen molar-refractivity contribution in [3.05, 3.63) is 59.8 Å². The third kappa shape index (κ3) is 5.62. The summed E-state index contributed by atoms with van der Waals surface area (Å²) in [4.78, 5) is 49.4. The quantitative estimate of drug-likeness (QED) is 0.420. The predicted molar refractivity (Wildman–Crippen MR) is 150 cm³/mol. The van der Waals surface area contributed by atoms with Gasteiger partial charge in [-0.1, -0.05) is 6.58 Å². The van der Waals surface area contributed by atoms with Crippen LogP contribution in [-0.4, -0.2) is 78.9 Å². The number of carbonyl (C=O) groups is 2. The van der Waals surface area contributed by atoms with E-state index < -0.39 is 0 Å². The maximum absolute atomic E-state index is 12.7.